The van der Waals surface area contributed by atoms with E-state index < -0.39 is 17.5 Å². The highest BCUT2D eigenvalue weighted by Gasteiger charge is 2.08. The minimum Gasteiger partial charge on any atom is -0.502 e. The van der Waals surface area contributed by atoms with Gasteiger partial charge in [0.05, 0.1) is 6.54 Å². The number of carbonyl (C=O) groups is 2. The molecule has 124 valence electrons. The molecule has 0 aliphatic rings. The molecule has 0 saturated carbocycles. The lowest BCUT2D eigenvalue weighted by Crippen LogP contribution is -2.03. The fraction of sp³-hybridized carbons (Fsp3) is 0.0588. The third kappa shape index (κ3) is 4.50. The molecule has 0 atom stereocenters. The number of aliphatic carboxylic acids is 1. The maximum Gasteiger partial charge on any atom is 0.371 e. The summed E-state index contributed by atoms with van der Waals surface area (Å²) in [5.41, 5.74) is 1.45. The quantitative estimate of drug-likeness (QED) is 0.599. The van der Waals surface area contributed by atoms with Crippen molar-refractivity contribution >= 4 is 41.0 Å². The Morgan fingerprint density at radius 2 is 1.75 bits per heavy atom. The Balaban J connectivity index is 2.19. The van der Waals surface area contributed by atoms with Gasteiger partial charge in [-0.1, -0.05) is 29.3 Å². The van der Waals surface area contributed by atoms with Crippen molar-refractivity contribution in [1.29, 1.82) is 0 Å². The molecule has 0 fully saturated rings. The van der Waals surface area contributed by atoms with E-state index in [4.69, 9.17) is 33.4 Å². The van der Waals surface area contributed by atoms with Crippen LogP contribution in [0.2, 0.25) is 10.0 Å². The third-order valence-corrected chi connectivity index (χ3v) is 3.88. The van der Waals surface area contributed by atoms with Crippen molar-refractivity contribution in [3.63, 3.8) is 0 Å². The molecule has 5 nitrogen and oxygen atoms in total. The number of rotatable bonds is 6. The van der Waals surface area contributed by atoms with Crippen LogP contribution in [0.15, 0.2) is 54.4 Å². The maximum atomic E-state index is 11.6. The first kappa shape index (κ1) is 17.8. The number of carbonyl (C=O) groups excluding carboxylic acids is 1. The highest BCUT2D eigenvalue weighted by Crippen LogP contribution is 2.25. The predicted octanol–water partition coefficient (Wildman–Crippen LogP) is 3.95. The second-order valence-electron chi connectivity index (χ2n) is 4.83. The Morgan fingerprint density at radius 1 is 1.08 bits per heavy atom. The van der Waals surface area contributed by atoms with Gasteiger partial charge in [-0.25, -0.2) is 4.79 Å². The van der Waals surface area contributed by atoms with Gasteiger partial charge in [0.15, 0.2) is 5.78 Å². The summed E-state index contributed by atoms with van der Waals surface area (Å²) in [7, 11) is 0. The number of allylic oxidation sites excluding steroid dienone is 2. The van der Waals surface area contributed by atoms with Crippen LogP contribution in [0.5, 0.6) is 0 Å². The molecule has 7 heteroatoms. The molecule has 1 aromatic carbocycles. The zero-order valence-electron chi connectivity index (χ0n) is 12.3. The van der Waals surface area contributed by atoms with E-state index in [1.165, 1.54) is 12.2 Å². The molecule has 0 bridgehead atoms. The second kappa shape index (κ2) is 7.86. The number of nitrogens with zero attached hydrogens (tertiary/aromatic N) is 1. The van der Waals surface area contributed by atoms with Crippen molar-refractivity contribution in [1.82, 2.24) is 4.57 Å². The van der Waals surface area contributed by atoms with Crippen LogP contribution in [-0.2, 0) is 16.1 Å². The number of halogens is 2. The lowest BCUT2D eigenvalue weighted by atomic mass is 10.2. The van der Waals surface area contributed by atoms with E-state index in [9.17, 15) is 9.59 Å². The van der Waals surface area contributed by atoms with Crippen molar-refractivity contribution in [3.8, 4) is 0 Å². The van der Waals surface area contributed by atoms with E-state index >= 15 is 0 Å². The van der Waals surface area contributed by atoms with Gasteiger partial charge in [-0.05, 0) is 36.4 Å². The predicted molar refractivity (Wildman–Crippen MR) is 92.4 cm³/mol. The van der Waals surface area contributed by atoms with Gasteiger partial charge in [0.1, 0.15) is 0 Å². The van der Waals surface area contributed by atoms with Crippen LogP contribution >= 0.6 is 23.2 Å². The van der Waals surface area contributed by atoms with Gasteiger partial charge in [-0.3, -0.25) is 4.79 Å². The molecule has 0 aliphatic heterocycles. The van der Waals surface area contributed by atoms with Crippen molar-refractivity contribution in [2.75, 3.05) is 0 Å². The summed E-state index contributed by atoms with van der Waals surface area (Å²) in [6.45, 7) is 0.412. The normalized spacial score (nSPS) is 11.8. The minimum absolute atomic E-state index is 0.412. The third-order valence-electron chi connectivity index (χ3n) is 3.17. The van der Waals surface area contributed by atoms with Gasteiger partial charge < -0.3 is 14.8 Å². The molecular weight excluding hydrogens is 353 g/mol. The SMILES string of the molecule is O=C(/C=C(\O)C(=O)O)/C=C/c1cccn1Cc1c(Cl)cccc1Cl. The lowest BCUT2D eigenvalue weighted by Gasteiger charge is -2.10. The number of aliphatic hydroxyl groups excluding tert-OH is 1. The monoisotopic (exact) mass is 365 g/mol. The fourth-order valence-electron chi connectivity index (χ4n) is 1.99. The molecule has 0 amide bonds. The van der Waals surface area contributed by atoms with Crippen LogP contribution in [0.25, 0.3) is 6.08 Å². The lowest BCUT2D eigenvalue weighted by molar-refractivity contribution is -0.135. The van der Waals surface area contributed by atoms with E-state index in [0.29, 0.717) is 28.4 Å². The average molecular weight is 366 g/mol. The molecule has 1 aromatic heterocycles. The summed E-state index contributed by atoms with van der Waals surface area (Å²) in [6, 6.07) is 8.80. The van der Waals surface area contributed by atoms with Crippen molar-refractivity contribution in [3.05, 3.63) is 75.7 Å². The Labute approximate surface area is 148 Å². The summed E-state index contributed by atoms with van der Waals surface area (Å²) in [6.07, 6.45) is 5.11. The zero-order chi connectivity index (χ0) is 17.7. The van der Waals surface area contributed by atoms with E-state index in [2.05, 4.69) is 0 Å². The van der Waals surface area contributed by atoms with Gasteiger partial charge in [-0.2, -0.15) is 0 Å². The van der Waals surface area contributed by atoms with Crippen molar-refractivity contribution < 1.29 is 19.8 Å². The molecule has 0 unspecified atom stereocenters. The van der Waals surface area contributed by atoms with E-state index in [-0.39, 0.29) is 0 Å². The smallest absolute Gasteiger partial charge is 0.371 e. The number of carboxylic acid groups (broad SMARTS) is 1. The molecule has 2 rings (SSSR count). The molecular formula is C17H13Cl2NO4. The molecule has 0 saturated heterocycles. The molecule has 24 heavy (non-hydrogen) atoms. The minimum atomic E-state index is -1.56. The van der Waals surface area contributed by atoms with Crippen LogP contribution in [0.1, 0.15) is 11.3 Å². The van der Waals surface area contributed by atoms with Crippen molar-refractivity contribution in [2.45, 2.75) is 6.54 Å². The van der Waals surface area contributed by atoms with E-state index in [0.717, 1.165) is 5.56 Å². The number of ketones is 1. The standard InChI is InChI=1S/C17H13Cl2NO4/c18-14-4-1-5-15(19)13(14)10-20-8-2-3-11(20)6-7-12(21)9-16(22)17(23)24/h1-9,22H,10H2,(H,23,24)/b7-6+,16-9-. The van der Waals surface area contributed by atoms with Crippen LogP contribution < -0.4 is 0 Å². The number of aromatic nitrogens is 1. The van der Waals surface area contributed by atoms with Gasteiger partial charge in [0.2, 0.25) is 5.76 Å². The topological polar surface area (TPSA) is 79.5 Å². The summed E-state index contributed by atoms with van der Waals surface area (Å²) >= 11 is 12.3. The fourth-order valence-corrected chi connectivity index (χ4v) is 2.51. The largest absolute Gasteiger partial charge is 0.502 e. The molecule has 0 aliphatic carbocycles. The van der Waals surface area contributed by atoms with Crippen molar-refractivity contribution in [2.24, 2.45) is 0 Å². The summed E-state index contributed by atoms with van der Waals surface area (Å²) < 4.78 is 1.83. The summed E-state index contributed by atoms with van der Waals surface area (Å²) in [5, 5.41) is 18.6. The Bertz CT molecular complexity index is 817. The van der Waals surface area contributed by atoms with Crippen LogP contribution in [0.4, 0.5) is 0 Å². The number of benzene rings is 1. The Morgan fingerprint density at radius 3 is 2.38 bits per heavy atom. The number of aliphatic hydroxyl groups is 1. The summed E-state index contributed by atoms with van der Waals surface area (Å²) in [4.78, 5) is 22.1. The number of carboxylic acids is 1. The van der Waals surface area contributed by atoms with Gasteiger partial charge in [-0.15, -0.1) is 0 Å². The second-order valence-corrected chi connectivity index (χ2v) is 5.65. The van der Waals surface area contributed by atoms with E-state index in [1.807, 2.05) is 4.57 Å². The molecule has 0 spiro atoms. The first-order valence-electron chi connectivity index (χ1n) is 6.82. The first-order chi connectivity index (χ1) is 11.4. The maximum absolute atomic E-state index is 11.6. The highest BCUT2D eigenvalue weighted by molar-refractivity contribution is 6.36. The molecule has 1 heterocycles. The average Bonchev–Trinajstić information content (AvgIpc) is 2.96. The van der Waals surface area contributed by atoms with Crippen LogP contribution in [0, 0.1) is 0 Å². The summed E-state index contributed by atoms with van der Waals surface area (Å²) in [5.74, 6) is -3.21. The first-order valence-corrected chi connectivity index (χ1v) is 7.58. The van der Waals surface area contributed by atoms with Crippen LogP contribution in [-0.4, -0.2) is 26.5 Å². The van der Waals surface area contributed by atoms with Gasteiger partial charge in [0, 0.05) is 33.6 Å². The van der Waals surface area contributed by atoms with Gasteiger partial charge in [0.25, 0.3) is 0 Å². The van der Waals surface area contributed by atoms with Gasteiger partial charge >= 0.3 is 5.97 Å². The Kier molecular flexibility index (Phi) is 5.84. The number of hydrogen-bond donors (Lipinski definition) is 2. The van der Waals surface area contributed by atoms with Crippen LogP contribution in [0.3, 0.4) is 0 Å². The molecule has 0 radical (unpaired) electrons. The molecule has 2 aromatic rings. The highest BCUT2D eigenvalue weighted by atomic mass is 35.5. The zero-order valence-corrected chi connectivity index (χ0v) is 13.8. The Hall–Kier alpha value is -2.50. The molecule has 2 N–H and O–H groups in total. The van der Waals surface area contributed by atoms with E-state index in [1.54, 1.807) is 36.5 Å². The number of hydrogen-bond acceptors (Lipinski definition) is 3.